The molecule has 0 aromatic heterocycles. The molecule has 0 bridgehead atoms. The molecule has 26 heavy (non-hydrogen) atoms. The van der Waals surface area contributed by atoms with E-state index in [1.807, 2.05) is 13.8 Å². The summed E-state index contributed by atoms with van der Waals surface area (Å²) in [4.78, 5) is 38.1. The number of phenolic OH excluding ortho intramolecular Hbond substituents is 1. The van der Waals surface area contributed by atoms with Gasteiger partial charge in [0.2, 0.25) is 0 Å². The first-order valence-electron chi connectivity index (χ1n) is 8.22. The van der Waals surface area contributed by atoms with Crippen molar-refractivity contribution in [3.63, 3.8) is 0 Å². The van der Waals surface area contributed by atoms with Gasteiger partial charge in [-0.2, -0.15) is 0 Å². The van der Waals surface area contributed by atoms with Gasteiger partial charge in [0, 0.05) is 24.0 Å². The molecule has 0 saturated heterocycles. The molecule has 0 spiro atoms. The molecule has 0 aliphatic carbocycles. The third-order valence-corrected chi connectivity index (χ3v) is 3.88. The lowest BCUT2D eigenvalue weighted by molar-refractivity contribution is 0.0636. The number of rotatable bonds is 4. The average Bonchev–Trinajstić information content (AvgIpc) is 2.79. The predicted octanol–water partition coefficient (Wildman–Crippen LogP) is 3.29. The number of nitrogens with zero attached hydrogens (tertiary/aromatic N) is 1. The molecule has 0 atom stereocenters. The van der Waals surface area contributed by atoms with Crippen molar-refractivity contribution in [2.45, 2.75) is 13.8 Å². The van der Waals surface area contributed by atoms with Gasteiger partial charge >= 0.3 is 6.03 Å². The molecular weight excluding hydrogens is 334 g/mol. The summed E-state index contributed by atoms with van der Waals surface area (Å²) >= 11 is 0. The summed E-state index contributed by atoms with van der Waals surface area (Å²) in [7, 11) is 0. The Balaban J connectivity index is 1.74. The van der Waals surface area contributed by atoms with Crippen molar-refractivity contribution in [3.05, 3.63) is 53.6 Å². The summed E-state index contributed by atoms with van der Waals surface area (Å²) in [5.74, 6) is -0.456. The van der Waals surface area contributed by atoms with Crippen LogP contribution in [-0.2, 0) is 0 Å². The van der Waals surface area contributed by atoms with E-state index in [-0.39, 0.29) is 29.0 Å². The number of hydrogen-bond acceptors (Lipinski definition) is 4. The Bertz CT molecular complexity index is 892. The fraction of sp³-hybridized carbons (Fsp3) is 0.211. The van der Waals surface area contributed by atoms with E-state index in [9.17, 15) is 19.5 Å². The number of carbonyl (C=O) groups excluding carboxylic acids is 3. The number of benzene rings is 2. The lowest BCUT2D eigenvalue weighted by Gasteiger charge is -2.15. The SMILES string of the molecule is CC(C)CN1C(=O)c2ccc(NC(=O)Nc3cccc(O)c3)cc2C1=O. The minimum atomic E-state index is -0.522. The second-order valence-electron chi connectivity index (χ2n) is 6.50. The molecule has 0 saturated carbocycles. The van der Waals surface area contributed by atoms with E-state index in [4.69, 9.17) is 0 Å². The predicted molar refractivity (Wildman–Crippen MR) is 97.4 cm³/mol. The van der Waals surface area contributed by atoms with Crippen molar-refractivity contribution in [1.82, 2.24) is 4.90 Å². The number of phenols is 1. The second kappa shape index (κ2) is 6.87. The number of amides is 4. The van der Waals surface area contributed by atoms with Crippen LogP contribution in [0.2, 0.25) is 0 Å². The highest BCUT2D eigenvalue weighted by Gasteiger charge is 2.35. The van der Waals surface area contributed by atoms with Crippen molar-refractivity contribution < 1.29 is 19.5 Å². The van der Waals surface area contributed by atoms with Crippen LogP contribution in [0.25, 0.3) is 0 Å². The molecule has 1 aliphatic heterocycles. The molecular formula is C19H19N3O4. The normalized spacial score (nSPS) is 13.1. The summed E-state index contributed by atoms with van der Waals surface area (Å²) in [6, 6.07) is 10.2. The summed E-state index contributed by atoms with van der Waals surface area (Å²) in [5, 5.41) is 14.6. The Morgan fingerprint density at radius 2 is 1.65 bits per heavy atom. The van der Waals surface area contributed by atoms with Crippen molar-refractivity contribution in [2.24, 2.45) is 5.92 Å². The van der Waals surface area contributed by atoms with Crippen LogP contribution in [-0.4, -0.2) is 34.4 Å². The second-order valence-corrected chi connectivity index (χ2v) is 6.50. The highest BCUT2D eigenvalue weighted by molar-refractivity contribution is 6.22. The lowest BCUT2D eigenvalue weighted by Crippen LogP contribution is -2.33. The number of hydrogen-bond donors (Lipinski definition) is 3. The van der Waals surface area contributed by atoms with Crippen LogP contribution in [0.15, 0.2) is 42.5 Å². The Morgan fingerprint density at radius 1 is 1.00 bits per heavy atom. The topological polar surface area (TPSA) is 98.7 Å². The Morgan fingerprint density at radius 3 is 2.31 bits per heavy atom. The zero-order valence-electron chi connectivity index (χ0n) is 14.4. The molecule has 3 N–H and O–H groups in total. The van der Waals surface area contributed by atoms with E-state index in [0.717, 1.165) is 0 Å². The molecule has 7 heteroatoms. The molecule has 2 aromatic rings. The van der Waals surface area contributed by atoms with Crippen LogP contribution in [0.3, 0.4) is 0 Å². The van der Waals surface area contributed by atoms with E-state index >= 15 is 0 Å². The third-order valence-electron chi connectivity index (χ3n) is 3.88. The van der Waals surface area contributed by atoms with Gasteiger partial charge in [0.25, 0.3) is 11.8 Å². The maximum atomic E-state index is 12.5. The zero-order valence-corrected chi connectivity index (χ0v) is 14.4. The first-order chi connectivity index (χ1) is 12.3. The summed E-state index contributed by atoms with van der Waals surface area (Å²) in [6.45, 7) is 4.22. The van der Waals surface area contributed by atoms with Gasteiger partial charge in [-0.3, -0.25) is 14.5 Å². The van der Waals surface area contributed by atoms with E-state index in [1.54, 1.807) is 24.3 Å². The van der Waals surface area contributed by atoms with Crippen LogP contribution < -0.4 is 10.6 Å². The summed E-state index contributed by atoms with van der Waals surface area (Å²) in [6.07, 6.45) is 0. The quantitative estimate of drug-likeness (QED) is 0.735. The van der Waals surface area contributed by atoms with Crippen LogP contribution >= 0.6 is 0 Å². The van der Waals surface area contributed by atoms with Crippen LogP contribution in [0, 0.1) is 5.92 Å². The van der Waals surface area contributed by atoms with E-state index < -0.39 is 6.03 Å². The van der Waals surface area contributed by atoms with Crippen LogP contribution in [0.5, 0.6) is 5.75 Å². The molecule has 7 nitrogen and oxygen atoms in total. The molecule has 1 aliphatic rings. The molecule has 0 unspecified atom stereocenters. The maximum Gasteiger partial charge on any atom is 0.323 e. The number of aromatic hydroxyl groups is 1. The summed E-state index contributed by atoms with van der Waals surface area (Å²) < 4.78 is 0. The number of carbonyl (C=O) groups is 3. The van der Waals surface area contributed by atoms with Crippen LogP contribution in [0.1, 0.15) is 34.6 Å². The third kappa shape index (κ3) is 3.51. The standard InChI is InChI=1S/C19H19N3O4/c1-11(2)10-22-17(24)15-7-6-13(9-16(15)18(22)25)21-19(26)20-12-4-3-5-14(23)8-12/h3-9,11,23H,10H2,1-2H3,(H2,20,21,26). The highest BCUT2D eigenvalue weighted by atomic mass is 16.3. The smallest absolute Gasteiger partial charge is 0.323 e. The molecule has 3 rings (SSSR count). The van der Waals surface area contributed by atoms with Gasteiger partial charge in [-0.25, -0.2) is 4.79 Å². The maximum absolute atomic E-state index is 12.5. The van der Waals surface area contributed by atoms with Gasteiger partial charge in [-0.05, 0) is 36.2 Å². The van der Waals surface area contributed by atoms with Gasteiger partial charge in [0.15, 0.2) is 0 Å². The molecule has 1 heterocycles. The lowest BCUT2D eigenvalue weighted by atomic mass is 10.1. The monoisotopic (exact) mass is 353 g/mol. The van der Waals surface area contributed by atoms with E-state index in [2.05, 4.69) is 10.6 Å². The minimum absolute atomic E-state index is 0.0367. The molecule has 0 fully saturated rings. The number of fused-ring (bicyclic) bond motifs is 1. The Labute approximate surface area is 150 Å². The number of anilines is 2. The van der Waals surface area contributed by atoms with Gasteiger partial charge in [0.1, 0.15) is 5.75 Å². The van der Waals surface area contributed by atoms with Crippen molar-refractivity contribution in [2.75, 3.05) is 17.2 Å². The zero-order chi connectivity index (χ0) is 18.8. The number of nitrogens with one attached hydrogen (secondary N) is 2. The van der Waals surface area contributed by atoms with Gasteiger partial charge in [0.05, 0.1) is 11.1 Å². The highest BCUT2D eigenvalue weighted by Crippen LogP contribution is 2.26. The summed E-state index contributed by atoms with van der Waals surface area (Å²) in [5.41, 5.74) is 1.45. The van der Waals surface area contributed by atoms with Gasteiger partial charge < -0.3 is 15.7 Å². The molecule has 0 radical (unpaired) electrons. The van der Waals surface area contributed by atoms with Crippen LogP contribution in [0.4, 0.5) is 16.2 Å². The van der Waals surface area contributed by atoms with Gasteiger partial charge in [-0.15, -0.1) is 0 Å². The first-order valence-corrected chi connectivity index (χ1v) is 8.22. The molecule has 134 valence electrons. The van der Waals surface area contributed by atoms with E-state index in [1.165, 1.54) is 23.1 Å². The van der Waals surface area contributed by atoms with Crippen molar-refractivity contribution >= 4 is 29.2 Å². The number of imide groups is 1. The van der Waals surface area contributed by atoms with E-state index in [0.29, 0.717) is 23.5 Å². The number of urea groups is 1. The Kier molecular flexibility index (Phi) is 4.62. The Hall–Kier alpha value is -3.35. The van der Waals surface area contributed by atoms with Gasteiger partial charge in [-0.1, -0.05) is 19.9 Å². The largest absolute Gasteiger partial charge is 0.508 e. The van der Waals surface area contributed by atoms with Crippen molar-refractivity contribution in [3.8, 4) is 5.75 Å². The van der Waals surface area contributed by atoms with Crippen molar-refractivity contribution in [1.29, 1.82) is 0 Å². The molecule has 2 aromatic carbocycles. The minimum Gasteiger partial charge on any atom is -0.508 e. The average molecular weight is 353 g/mol. The fourth-order valence-corrected chi connectivity index (χ4v) is 2.78. The molecule has 4 amide bonds. The fourth-order valence-electron chi connectivity index (χ4n) is 2.78. The first kappa shape index (κ1) is 17.5.